The topological polar surface area (TPSA) is 58.8 Å². The average Bonchev–Trinajstić information content (AvgIpc) is 2.37. The van der Waals surface area contributed by atoms with Crippen LogP contribution in [0.25, 0.3) is 0 Å². The van der Waals surface area contributed by atoms with Crippen molar-refractivity contribution >= 4 is 17.5 Å². The Bertz CT molecular complexity index is 500. The SMILES string of the molecule is CC(C)(C)OC(=O)N1CCN(c2c(N)cccc2F)CC1. The van der Waals surface area contributed by atoms with Crippen LogP contribution in [-0.4, -0.2) is 42.8 Å². The molecule has 0 radical (unpaired) electrons. The number of para-hydroxylation sites is 1. The highest BCUT2D eigenvalue weighted by molar-refractivity contribution is 5.71. The van der Waals surface area contributed by atoms with Crippen molar-refractivity contribution in [2.75, 3.05) is 36.8 Å². The Hall–Kier alpha value is -1.98. The number of carbonyl (C=O) groups is 1. The number of hydrogen-bond donors (Lipinski definition) is 1. The molecule has 2 rings (SSSR count). The molecule has 0 bridgehead atoms. The molecule has 1 saturated heterocycles. The molecule has 0 aliphatic carbocycles. The smallest absolute Gasteiger partial charge is 0.410 e. The molecule has 2 N–H and O–H groups in total. The summed E-state index contributed by atoms with van der Waals surface area (Å²) in [5.41, 5.74) is 6.17. The average molecular weight is 295 g/mol. The summed E-state index contributed by atoms with van der Waals surface area (Å²) in [5, 5.41) is 0. The van der Waals surface area contributed by atoms with Gasteiger partial charge in [0.05, 0.1) is 11.4 Å². The number of carbonyl (C=O) groups excluding carboxylic acids is 1. The first-order valence-corrected chi connectivity index (χ1v) is 7.05. The molecular weight excluding hydrogens is 273 g/mol. The Morgan fingerprint density at radius 2 is 1.86 bits per heavy atom. The van der Waals surface area contributed by atoms with E-state index in [2.05, 4.69) is 0 Å². The number of nitrogen functional groups attached to an aromatic ring is 1. The van der Waals surface area contributed by atoms with E-state index in [-0.39, 0.29) is 11.9 Å². The predicted molar refractivity (Wildman–Crippen MR) is 80.8 cm³/mol. The van der Waals surface area contributed by atoms with Crippen LogP contribution in [0.3, 0.4) is 0 Å². The zero-order valence-corrected chi connectivity index (χ0v) is 12.7. The quantitative estimate of drug-likeness (QED) is 0.809. The predicted octanol–water partition coefficient (Wildman–Crippen LogP) is 2.47. The van der Waals surface area contributed by atoms with Gasteiger partial charge in [-0.2, -0.15) is 0 Å². The van der Waals surface area contributed by atoms with Crippen molar-refractivity contribution in [1.82, 2.24) is 4.90 Å². The molecule has 1 aromatic rings. The number of halogens is 1. The van der Waals surface area contributed by atoms with Crippen LogP contribution < -0.4 is 10.6 Å². The van der Waals surface area contributed by atoms with E-state index in [9.17, 15) is 9.18 Å². The van der Waals surface area contributed by atoms with E-state index in [1.807, 2.05) is 25.7 Å². The first-order valence-electron chi connectivity index (χ1n) is 7.05. The van der Waals surface area contributed by atoms with Crippen LogP contribution in [0, 0.1) is 5.82 Å². The van der Waals surface area contributed by atoms with E-state index in [4.69, 9.17) is 10.5 Å². The van der Waals surface area contributed by atoms with Crippen molar-refractivity contribution in [3.8, 4) is 0 Å². The molecule has 1 heterocycles. The first-order chi connectivity index (χ1) is 9.78. The monoisotopic (exact) mass is 295 g/mol. The molecule has 116 valence electrons. The normalized spacial score (nSPS) is 16.0. The highest BCUT2D eigenvalue weighted by atomic mass is 19.1. The van der Waals surface area contributed by atoms with E-state index < -0.39 is 5.60 Å². The summed E-state index contributed by atoms with van der Waals surface area (Å²) in [6.45, 7) is 7.55. The zero-order valence-electron chi connectivity index (χ0n) is 12.7. The van der Waals surface area contributed by atoms with Crippen LogP contribution in [0.1, 0.15) is 20.8 Å². The minimum atomic E-state index is -0.510. The lowest BCUT2D eigenvalue weighted by Gasteiger charge is -2.37. The summed E-state index contributed by atoms with van der Waals surface area (Å²) < 4.78 is 19.2. The molecule has 5 nitrogen and oxygen atoms in total. The highest BCUT2D eigenvalue weighted by Crippen LogP contribution is 2.27. The molecule has 6 heteroatoms. The lowest BCUT2D eigenvalue weighted by atomic mass is 10.2. The molecule has 0 unspecified atom stereocenters. The van der Waals surface area contributed by atoms with Crippen LogP contribution in [0.5, 0.6) is 0 Å². The molecule has 0 saturated carbocycles. The van der Waals surface area contributed by atoms with Crippen molar-refractivity contribution in [2.24, 2.45) is 0 Å². The van der Waals surface area contributed by atoms with E-state index in [1.165, 1.54) is 6.07 Å². The van der Waals surface area contributed by atoms with Gasteiger partial charge >= 0.3 is 6.09 Å². The van der Waals surface area contributed by atoms with Gasteiger partial charge < -0.3 is 20.3 Å². The fourth-order valence-corrected chi connectivity index (χ4v) is 2.30. The van der Waals surface area contributed by atoms with Gasteiger partial charge in [0.15, 0.2) is 0 Å². The number of piperazine rings is 1. The fourth-order valence-electron chi connectivity index (χ4n) is 2.30. The van der Waals surface area contributed by atoms with E-state index in [0.29, 0.717) is 37.6 Å². The van der Waals surface area contributed by atoms with Gasteiger partial charge in [0.25, 0.3) is 0 Å². The van der Waals surface area contributed by atoms with Crippen LogP contribution >= 0.6 is 0 Å². The molecule has 0 atom stereocenters. The fraction of sp³-hybridized carbons (Fsp3) is 0.533. The molecule has 1 aliphatic heterocycles. The minimum absolute atomic E-state index is 0.330. The van der Waals surface area contributed by atoms with E-state index >= 15 is 0 Å². The number of anilines is 2. The highest BCUT2D eigenvalue weighted by Gasteiger charge is 2.27. The van der Waals surface area contributed by atoms with Gasteiger partial charge in [0, 0.05) is 26.2 Å². The number of hydrogen-bond acceptors (Lipinski definition) is 4. The van der Waals surface area contributed by atoms with Crippen molar-refractivity contribution in [2.45, 2.75) is 26.4 Å². The van der Waals surface area contributed by atoms with E-state index in [0.717, 1.165) is 0 Å². The lowest BCUT2D eigenvalue weighted by molar-refractivity contribution is 0.0240. The molecule has 21 heavy (non-hydrogen) atoms. The van der Waals surface area contributed by atoms with Gasteiger partial charge in [0.1, 0.15) is 11.4 Å². The second-order valence-electron chi connectivity index (χ2n) is 6.13. The van der Waals surface area contributed by atoms with Crippen molar-refractivity contribution in [3.05, 3.63) is 24.0 Å². The number of amides is 1. The Labute approximate surface area is 124 Å². The largest absolute Gasteiger partial charge is 0.444 e. The number of nitrogens with zero attached hydrogens (tertiary/aromatic N) is 2. The molecular formula is C15H22FN3O2. The maximum Gasteiger partial charge on any atom is 0.410 e. The second-order valence-corrected chi connectivity index (χ2v) is 6.13. The van der Waals surface area contributed by atoms with Gasteiger partial charge in [0.2, 0.25) is 0 Å². The number of benzene rings is 1. The zero-order chi connectivity index (χ0) is 15.6. The molecule has 1 aromatic carbocycles. The number of rotatable bonds is 1. The van der Waals surface area contributed by atoms with Crippen molar-refractivity contribution < 1.29 is 13.9 Å². The lowest BCUT2D eigenvalue weighted by Crippen LogP contribution is -2.50. The van der Waals surface area contributed by atoms with Crippen molar-refractivity contribution in [3.63, 3.8) is 0 Å². The third-order valence-corrected chi connectivity index (χ3v) is 3.27. The van der Waals surface area contributed by atoms with Gasteiger partial charge in [-0.1, -0.05) is 6.07 Å². The third-order valence-electron chi connectivity index (χ3n) is 3.27. The summed E-state index contributed by atoms with van der Waals surface area (Å²) in [6.07, 6.45) is -0.330. The summed E-state index contributed by atoms with van der Waals surface area (Å²) >= 11 is 0. The van der Waals surface area contributed by atoms with Gasteiger partial charge in [-0.25, -0.2) is 9.18 Å². The van der Waals surface area contributed by atoms with Crippen LogP contribution in [0.2, 0.25) is 0 Å². The first kappa shape index (κ1) is 15.4. The third kappa shape index (κ3) is 3.77. The molecule has 0 aromatic heterocycles. The Morgan fingerprint density at radius 3 is 2.38 bits per heavy atom. The molecule has 1 fully saturated rings. The minimum Gasteiger partial charge on any atom is -0.444 e. The van der Waals surface area contributed by atoms with Crippen molar-refractivity contribution in [1.29, 1.82) is 0 Å². The number of nitrogens with two attached hydrogens (primary N) is 1. The summed E-state index contributed by atoms with van der Waals surface area (Å²) in [5.74, 6) is -0.333. The second kappa shape index (κ2) is 5.79. The van der Waals surface area contributed by atoms with Crippen LogP contribution in [-0.2, 0) is 4.74 Å². The molecule has 1 amide bonds. The molecule has 0 spiro atoms. The Kier molecular flexibility index (Phi) is 4.25. The van der Waals surface area contributed by atoms with Crippen LogP contribution in [0.15, 0.2) is 18.2 Å². The van der Waals surface area contributed by atoms with E-state index in [1.54, 1.807) is 17.0 Å². The standard InChI is InChI=1S/C15H22FN3O2/c1-15(2,3)21-14(20)19-9-7-18(8-10-19)13-11(16)5-4-6-12(13)17/h4-6H,7-10,17H2,1-3H3. The summed E-state index contributed by atoms with van der Waals surface area (Å²) in [6, 6.07) is 4.66. The summed E-state index contributed by atoms with van der Waals surface area (Å²) in [4.78, 5) is 15.5. The maximum atomic E-state index is 13.9. The van der Waals surface area contributed by atoms with Gasteiger partial charge in [-0.3, -0.25) is 0 Å². The van der Waals surface area contributed by atoms with Crippen LogP contribution in [0.4, 0.5) is 20.6 Å². The summed E-state index contributed by atoms with van der Waals surface area (Å²) in [7, 11) is 0. The Balaban J connectivity index is 1.99. The number of ether oxygens (including phenoxy) is 1. The van der Waals surface area contributed by atoms with Gasteiger partial charge in [-0.05, 0) is 32.9 Å². The Morgan fingerprint density at radius 1 is 1.24 bits per heavy atom. The maximum absolute atomic E-state index is 13.9. The molecule has 1 aliphatic rings. The van der Waals surface area contributed by atoms with Gasteiger partial charge in [-0.15, -0.1) is 0 Å².